The summed E-state index contributed by atoms with van der Waals surface area (Å²) in [6.45, 7) is 2.94. The van der Waals surface area contributed by atoms with Gasteiger partial charge in [0.1, 0.15) is 0 Å². The van der Waals surface area contributed by atoms with E-state index in [4.69, 9.17) is 4.74 Å². The van der Waals surface area contributed by atoms with E-state index in [1.165, 1.54) is 19.9 Å². The molecular weight excluding hydrogens is 309 g/mol. The highest BCUT2D eigenvalue weighted by Gasteiger charge is 2.55. The van der Waals surface area contributed by atoms with E-state index in [0.29, 0.717) is 11.6 Å². The van der Waals surface area contributed by atoms with Gasteiger partial charge in [-0.05, 0) is 31.6 Å². The van der Waals surface area contributed by atoms with Crippen LogP contribution in [0.15, 0.2) is 54.1 Å². The van der Waals surface area contributed by atoms with Gasteiger partial charge in [-0.25, -0.2) is 4.79 Å². The second kappa shape index (κ2) is 6.20. The molecule has 1 aromatic carbocycles. The summed E-state index contributed by atoms with van der Waals surface area (Å²) in [5.41, 5.74) is -2.46. The number of hydrogen-bond donors (Lipinski definition) is 1. The Hall–Kier alpha value is -2.08. The zero-order chi connectivity index (χ0) is 17.3. The van der Waals surface area contributed by atoms with Crippen LogP contribution in [0.25, 0.3) is 0 Å². The number of rotatable bonds is 4. The molecule has 0 aromatic heterocycles. The van der Waals surface area contributed by atoms with Crippen molar-refractivity contribution in [2.24, 2.45) is 0 Å². The molecule has 23 heavy (non-hydrogen) atoms. The summed E-state index contributed by atoms with van der Waals surface area (Å²) in [4.78, 5) is 11.5. The first-order valence-electron chi connectivity index (χ1n) is 7.11. The molecule has 0 bridgehead atoms. The SMILES string of the molecule is CC(C)OC1(C(F)(F)F)C=CC(c2ccccc2)C(C(=O)O)=C1. The molecule has 6 heteroatoms. The molecule has 1 aliphatic rings. The highest BCUT2D eigenvalue weighted by molar-refractivity contribution is 5.90. The standard InChI is InChI=1S/C17H17F3O3/c1-11(2)23-16(17(18,19)20)9-8-13(14(10-16)15(21)22)12-6-4-3-5-7-12/h3-11,13H,1-2H3,(H,21,22). The van der Waals surface area contributed by atoms with Crippen LogP contribution in [0.4, 0.5) is 13.2 Å². The van der Waals surface area contributed by atoms with Crippen molar-refractivity contribution in [2.45, 2.75) is 37.6 Å². The first-order valence-corrected chi connectivity index (χ1v) is 7.11. The summed E-state index contributed by atoms with van der Waals surface area (Å²) >= 11 is 0. The van der Waals surface area contributed by atoms with Gasteiger partial charge in [0.2, 0.25) is 5.60 Å². The average Bonchev–Trinajstić information content (AvgIpc) is 2.46. The van der Waals surface area contributed by atoms with Crippen LogP contribution < -0.4 is 0 Å². The van der Waals surface area contributed by atoms with E-state index in [0.717, 1.165) is 6.08 Å². The van der Waals surface area contributed by atoms with Crippen molar-refractivity contribution in [3.63, 3.8) is 0 Å². The molecule has 0 amide bonds. The number of aliphatic carboxylic acids is 1. The van der Waals surface area contributed by atoms with Crippen LogP contribution in [0, 0.1) is 0 Å². The fourth-order valence-electron chi connectivity index (χ4n) is 2.56. The van der Waals surface area contributed by atoms with E-state index < -0.39 is 29.8 Å². The van der Waals surface area contributed by atoms with Crippen LogP contribution in [0.3, 0.4) is 0 Å². The van der Waals surface area contributed by atoms with Gasteiger partial charge >= 0.3 is 12.1 Å². The lowest BCUT2D eigenvalue weighted by Gasteiger charge is -2.36. The highest BCUT2D eigenvalue weighted by atomic mass is 19.4. The van der Waals surface area contributed by atoms with E-state index in [1.807, 2.05) is 0 Å². The van der Waals surface area contributed by atoms with Gasteiger partial charge in [-0.3, -0.25) is 0 Å². The van der Waals surface area contributed by atoms with E-state index in [-0.39, 0.29) is 5.57 Å². The number of ether oxygens (including phenoxy) is 1. The molecule has 124 valence electrons. The summed E-state index contributed by atoms with van der Waals surface area (Å²) in [7, 11) is 0. The molecule has 2 unspecified atom stereocenters. The molecule has 2 rings (SSSR count). The number of carboxylic acid groups (broad SMARTS) is 1. The van der Waals surface area contributed by atoms with Crippen molar-refractivity contribution in [3.8, 4) is 0 Å². The monoisotopic (exact) mass is 326 g/mol. The molecule has 0 radical (unpaired) electrons. The number of alkyl halides is 3. The lowest BCUT2D eigenvalue weighted by Crippen LogP contribution is -2.48. The molecule has 0 saturated heterocycles. The normalized spacial score (nSPS) is 24.6. The number of hydrogen-bond acceptors (Lipinski definition) is 2. The Labute approximate surface area is 132 Å². The smallest absolute Gasteiger partial charge is 0.424 e. The molecule has 3 nitrogen and oxygen atoms in total. The van der Waals surface area contributed by atoms with Crippen molar-refractivity contribution in [3.05, 3.63) is 59.7 Å². The molecule has 1 aliphatic carbocycles. The summed E-state index contributed by atoms with van der Waals surface area (Å²) in [5, 5.41) is 9.38. The Morgan fingerprint density at radius 3 is 2.35 bits per heavy atom. The third-order valence-electron chi connectivity index (χ3n) is 3.52. The summed E-state index contributed by atoms with van der Waals surface area (Å²) in [6, 6.07) is 8.52. The first-order chi connectivity index (χ1) is 10.7. The van der Waals surface area contributed by atoms with E-state index in [9.17, 15) is 23.1 Å². The Morgan fingerprint density at radius 2 is 1.87 bits per heavy atom. The number of carbonyl (C=O) groups is 1. The molecule has 0 saturated carbocycles. The zero-order valence-corrected chi connectivity index (χ0v) is 12.7. The largest absolute Gasteiger partial charge is 0.478 e. The summed E-state index contributed by atoms with van der Waals surface area (Å²) in [6.07, 6.45) is -2.66. The number of benzene rings is 1. The maximum absolute atomic E-state index is 13.5. The van der Waals surface area contributed by atoms with E-state index >= 15 is 0 Å². The lowest BCUT2D eigenvalue weighted by atomic mass is 9.81. The molecule has 1 N–H and O–H groups in total. The number of allylic oxidation sites excluding steroid dienone is 1. The van der Waals surface area contributed by atoms with Crippen LogP contribution >= 0.6 is 0 Å². The Bertz CT molecular complexity index is 632. The lowest BCUT2D eigenvalue weighted by molar-refractivity contribution is -0.248. The Kier molecular flexibility index (Phi) is 4.66. The minimum absolute atomic E-state index is 0.350. The fourth-order valence-corrected chi connectivity index (χ4v) is 2.56. The number of carboxylic acids is 1. The Morgan fingerprint density at radius 1 is 1.26 bits per heavy atom. The van der Waals surface area contributed by atoms with Crippen molar-refractivity contribution in [1.82, 2.24) is 0 Å². The first kappa shape index (κ1) is 17.3. The molecule has 0 spiro atoms. The van der Waals surface area contributed by atoms with Gasteiger partial charge in [-0.2, -0.15) is 13.2 Å². The maximum Gasteiger partial charge on any atom is 0.424 e. The zero-order valence-electron chi connectivity index (χ0n) is 12.7. The Balaban J connectivity index is 2.53. The van der Waals surface area contributed by atoms with Gasteiger partial charge in [0, 0.05) is 11.5 Å². The van der Waals surface area contributed by atoms with Crippen molar-refractivity contribution in [2.75, 3.05) is 0 Å². The molecule has 0 heterocycles. The molecule has 1 aromatic rings. The fraction of sp³-hybridized carbons (Fsp3) is 0.353. The topological polar surface area (TPSA) is 46.5 Å². The van der Waals surface area contributed by atoms with Crippen molar-refractivity contribution < 1.29 is 27.8 Å². The van der Waals surface area contributed by atoms with Crippen LogP contribution in [-0.4, -0.2) is 29.0 Å². The van der Waals surface area contributed by atoms with Crippen molar-refractivity contribution in [1.29, 1.82) is 0 Å². The minimum Gasteiger partial charge on any atom is -0.478 e. The summed E-state index contributed by atoms with van der Waals surface area (Å²) < 4.78 is 45.6. The van der Waals surface area contributed by atoms with Crippen LogP contribution in [0.1, 0.15) is 25.3 Å². The van der Waals surface area contributed by atoms with Crippen LogP contribution in [0.2, 0.25) is 0 Å². The average molecular weight is 326 g/mol. The molecule has 0 aliphatic heterocycles. The second-order valence-electron chi connectivity index (χ2n) is 5.61. The molecule has 2 atom stereocenters. The van der Waals surface area contributed by atoms with Gasteiger partial charge in [-0.15, -0.1) is 0 Å². The van der Waals surface area contributed by atoms with Gasteiger partial charge in [0.15, 0.2) is 0 Å². The van der Waals surface area contributed by atoms with Gasteiger partial charge in [0.05, 0.1) is 6.10 Å². The highest BCUT2D eigenvalue weighted by Crippen LogP contribution is 2.43. The third-order valence-corrected chi connectivity index (χ3v) is 3.52. The van der Waals surface area contributed by atoms with Crippen LogP contribution in [-0.2, 0) is 9.53 Å². The number of halogens is 3. The third kappa shape index (κ3) is 3.47. The van der Waals surface area contributed by atoms with Crippen molar-refractivity contribution >= 4 is 5.97 Å². The van der Waals surface area contributed by atoms with Gasteiger partial charge < -0.3 is 9.84 Å². The molecular formula is C17H17F3O3. The summed E-state index contributed by atoms with van der Waals surface area (Å²) in [5.74, 6) is -2.15. The molecule has 0 fully saturated rings. The van der Waals surface area contributed by atoms with Crippen LogP contribution in [0.5, 0.6) is 0 Å². The predicted molar refractivity (Wildman–Crippen MR) is 79.0 cm³/mol. The van der Waals surface area contributed by atoms with E-state index in [1.54, 1.807) is 30.3 Å². The minimum atomic E-state index is -4.75. The quantitative estimate of drug-likeness (QED) is 0.848. The maximum atomic E-state index is 13.5. The second-order valence-corrected chi connectivity index (χ2v) is 5.61. The van der Waals surface area contributed by atoms with Gasteiger partial charge in [-0.1, -0.05) is 36.4 Å². The van der Waals surface area contributed by atoms with Gasteiger partial charge in [0.25, 0.3) is 0 Å². The van der Waals surface area contributed by atoms with E-state index in [2.05, 4.69) is 0 Å². The predicted octanol–water partition coefficient (Wildman–Crippen LogP) is 4.08.